The number of fused-ring (bicyclic) bond motifs is 1. The van der Waals surface area contributed by atoms with Crippen LogP contribution in [0.1, 0.15) is 45.0 Å². The Hall–Kier alpha value is -5.97. The molecule has 0 aromatic heterocycles. The fourth-order valence-corrected chi connectivity index (χ4v) is 5.53. The van der Waals surface area contributed by atoms with Crippen LogP contribution in [0.2, 0.25) is 0 Å². The van der Waals surface area contributed by atoms with Crippen LogP contribution < -0.4 is 25.3 Å². The van der Waals surface area contributed by atoms with Crippen molar-refractivity contribution in [2.45, 2.75) is 52.3 Å². The summed E-state index contributed by atoms with van der Waals surface area (Å²) in [5.74, 6) is -2.47. The van der Waals surface area contributed by atoms with Crippen LogP contribution in [0.5, 0.6) is 0 Å². The minimum absolute atomic E-state index is 0.206. The quantitative estimate of drug-likeness (QED) is 0.169. The average Bonchev–Trinajstić information content (AvgIpc) is 3.14. The van der Waals surface area contributed by atoms with Gasteiger partial charge in [-0.15, -0.1) is 0 Å². The number of carbonyl (C=O) groups excluding carboxylic acids is 5. The van der Waals surface area contributed by atoms with Crippen molar-refractivity contribution < 1.29 is 28.7 Å². The van der Waals surface area contributed by atoms with E-state index in [1.54, 1.807) is 98.5 Å². The van der Waals surface area contributed by atoms with E-state index < -0.39 is 42.0 Å². The van der Waals surface area contributed by atoms with Gasteiger partial charge in [0, 0.05) is 23.1 Å². The molecule has 0 saturated carbocycles. The molecule has 1 aliphatic rings. The van der Waals surface area contributed by atoms with Crippen molar-refractivity contribution in [2.24, 2.45) is 0 Å². The van der Waals surface area contributed by atoms with Gasteiger partial charge >= 0.3 is 12.0 Å². The van der Waals surface area contributed by atoms with E-state index in [0.29, 0.717) is 22.7 Å². The third-order valence-corrected chi connectivity index (χ3v) is 7.55. The van der Waals surface area contributed by atoms with Crippen molar-refractivity contribution in [3.63, 3.8) is 0 Å². The normalized spacial score (nSPS) is 14.5. The van der Waals surface area contributed by atoms with Gasteiger partial charge in [-0.25, -0.2) is 9.59 Å². The number of para-hydroxylation sites is 4. The lowest BCUT2D eigenvalue weighted by molar-refractivity contribution is -0.129. The Kier molecular flexibility index (Phi) is 10.1. The number of anilines is 5. The first kappa shape index (κ1) is 34.4. The van der Waals surface area contributed by atoms with Gasteiger partial charge in [0.15, 0.2) is 6.04 Å². The summed E-state index contributed by atoms with van der Waals surface area (Å²) in [4.78, 5) is 73.1. The molecule has 11 nitrogen and oxygen atoms in total. The molecule has 0 saturated heterocycles. The first-order chi connectivity index (χ1) is 23.3. The second kappa shape index (κ2) is 14.4. The first-order valence-electron chi connectivity index (χ1n) is 15.9. The lowest BCUT2D eigenvalue weighted by Crippen LogP contribution is -2.57. The second-order valence-electron chi connectivity index (χ2n) is 12.7. The average molecular weight is 662 g/mol. The maximum atomic E-state index is 14.4. The van der Waals surface area contributed by atoms with Gasteiger partial charge in [0.2, 0.25) is 5.91 Å². The van der Waals surface area contributed by atoms with Gasteiger partial charge in [-0.3, -0.25) is 24.2 Å². The van der Waals surface area contributed by atoms with Gasteiger partial charge in [0.1, 0.15) is 12.1 Å². The second-order valence-corrected chi connectivity index (χ2v) is 12.7. The van der Waals surface area contributed by atoms with Crippen LogP contribution >= 0.6 is 0 Å². The van der Waals surface area contributed by atoms with Crippen molar-refractivity contribution in [1.29, 1.82) is 0 Å². The molecule has 252 valence electrons. The monoisotopic (exact) mass is 661 g/mol. The number of amides is 5. The van der Waals surface area contributed by atoms with Gasteiger partial charge in [-0.2, -0.15) is 0 Å². The number of carbonyl (C=O) groups is 5. The molecule has 5 rings (SSSR count). The number of hydrogen-bond donors (Lipinski definition) is 2. The molecule has 0 radical (unpaired) electrons. The van der Waals surface area contributed by atoms with Gasteiger partial charge in [-0.05, 0) is 89.2 Å². The van der Waals surface area contributed by atoms with Gasteiger partial charge in [-0.1, -0.05) is 54.6 Å². The maximum absolute atomic E-state index is 14.4. The van der Waals surface area contributed by atoms with Crippen LogP contribution in [0.15, 0.2) is 109 Å². The van der Waals surface area contributed by atoms with Crippen LogP contribution in [-0.2, 0) is 19.1 Å². The lowest BCUT2D eigenvalue weighted by Gasteiger charge is -2.31. The molecule has 0 bridgehead atoms. The van der Waals surface area contributed by atoms with E-state index in [4.69, 9.17) is 4.74 Å². The Labute approximate surface area is 285 Å². The molecule has 1 atom stereocenters. The largest absolute Gasteiger partial charge is 0.456 e. The molecule has 4 aromatic rings. The number of rotatable bonds is 8. The Balaban J connectivity index is 1.50. The standard InChI is InChI=1S/C38H39N5O6/c1-25(2)42(28-17-8-6-9-18-28)32(44)24-41-30-21-12-13-22-31(30)43(29-19-10-7-11-20-29)35(46)33(34(41)45)40-37(48)39-27-16-14-15-26(23-27)36(47)49-38(3,4)5/h6-23,25,33H,24H2,1-5H3,(H2,39,40,48). The van der Waals surface area contributed by atoms with E-state index in [1.165, 1.54) is 15.9 Å². The van der Waals surface area contributed by atoms with Crippen molar-refractivity contribution in [3.8, 4) is 0 Å². The predicted octanol–water partition coefficient (Wildman–Crippen LogP) is 6.29. The van der Waals surface area contributed by atoms with Crippen molar-refractivity contribution in [1.82, 2.24) is 5.32 Å². The molecule has 0 aliphatic carbocycles. The lowest BCUT2D eigenvalue weighted by atomic mass is 10.1. The topological polar surface area (TPSA) is 128 Å². The van der Waals surface area contributed by atoms with Gasteiger partial charge in [0.05, 0.1) is 16.9 Å². The fraction of sp³-hybridized carbons (Fsp3) is 0.237. The SMILES string of the molecule is CC(C)N(C(=O)CN1C(=O)C(NC(=O)Nc2cccc(C(=O)OC(C)(C)C)c2)C(=O)N(c2ccccc2)c2ccccc21)c1ccccc1. The van der Waals surface area contributed by atoms with Crippen LogP contribution in [0.25, 0.3) is 0 Å². The van der Waals surface area contributed by atoms with Gasteiger partial charge in [0.25, 0.3) is 11.8 Å². The summed E-state index contributed by atoms with van der Waals surface area (Å²) in [7, 11) is 0. The van der Waals surface area contributed by atoms with Crippen LogP contribution in [-0.4, -0.2) is 54.0 Å². The summed E-state index contributed by atoms with van der Waals surface area (Å²) in [6.45, 7) is 8.58. The minimum atomic E-state index is -1.72. The fourth-order valence-electron chi connectivity index (χ4n) is 5.53. The smallest absolute Gasteiger partial charge is 0.338 e. The highest BCUT2D eigenvalue weighted by molar-refractivity contribution is 6.25. The number of benzene rings is 4. The Bertz CT molecular complexity index is 1860. The molecule has 1 aliphatic heterocycles. The van der Waals surface area contributed by atoms with E-state index in [0.717, 1.165) is 0 Å². The Morgan fingerprint density at radius 2 is 1.41 bits per heavy atom. The summed E-state index contributed by atoms with van der Waals surface area (Å²) < 4.78 is 5.44. The summed E-state index contributed by atoms with van der Waals surface area (Å²) in [6.07, 6.45) is 0. The highest BCUT2D eigenvalue weighted by Gasteiger charge is 2.43. The Morgan fingerprint density at radius 3 is 2.04 bits per heavy atom. The van der Waals surface area contributed by atoms with Crippen LogP contribution in [0.3, 0.4) is 0 Å². The Morgan fingerprint density at radius 1 is 0.796 bits per heavy atom. The number of nitrogens with zero attached hydrogens (tertiary/aromatic N) is 3. The maximum Gasteiger partial charge on any atom is 0.338 e. The molecule has 11 heteroatoms. The summed E-state index contributed by atoms with van der Waals surface area (Å²) in [5.41, 5.74) is 1.53. The summed E-state index contributed by atoms with van der Waals surface area (Å²) in [5, 5.41) is 5.16. The summed E-state index contributed by atoms with van der Waals surface area (Å²) >= 11 is 0. The van der Waals surface area contributed by atoms with Crippen LogP contribution in [0, 0.1) is 0 Å². The number of esters is 1. The number of ether oxygens (including phenoxy) is 1. The zero-order valence-corrected chi connectivity index (χ0v) is 28.0. The highest BCUT2D eigenvalue weighted by atomic mass is 16.6. The highest BCUT2D eigenvalue weighted by Crippen LogP contribution is 2.38. The molecule has 1 heterocycles. The first-order valence-corrected chi connectivity index (χ1v) is 15.9. The molecule has 5 amide bonds. The van der Waals surface area contributed by atoms with Crippen molar-refractivity contribution in [3.05, 3.63) is 115 Å². The molecule has 2 N–H and O–H groups in total. The zero-order chi connectivity index (χ0) is 35.3. The summed E-state index contributed by atoms with van der Waals surface area (Å²) in [6, 6.07) is 27.9. The molecule has 49 heavy (non-hydrogen) atoms. The molecular weight excluding hydrogens is 622 g/mol. The van der Waals surface area contributed by atoms with Crippen molar-refractivity contribution in [2.75, 3.05) is 26.6 Å². The molecular formula is C38H39N5O6. The number of hydrogen-bond acceptors (Lipinski definition) is 6. The van der Waals surface area contributed by atoms with Crippen LogP contribution in [0.4, 0.5) is 33.2 Å². The molecule has 1 unspecified atom stereocenters. The van der Waals surface area contributed by atoms with E-state index in [9.17, 15) is 24.0 Å². The molecule has 0 spiro atoms. The predicted molar refractivity (Wildman–Crippen MR) is 189 cm³/mol. The zero-order valence-electron chi connectivity index (χ0n) is 28.0. The molecule has 0 fully saturated rings. The van der Waals surface area contributed by atoms with E-state index in [-0.39, 0.29) is 23.2 Å². The number of nitrogens with one attached hydrogen (secondary N) is 2. The number of urea groups is 1. The third kappa shape index (κ3) is 7.95. The van der Waals surface area contributed by atoms with E-state index in [2.05, 4.69) is 10.6 Å². The minimum Gasteiger partial charge on any atom is -0.456 e. The molecule has 4 aromatic carbocycles. The van der Waals surface area contributed by atoms with E-state index in [1.807, 2.05) is 44.2 Å². The van der Waals surface area contributed by atoms with Gasteiger partial charge < -0.3 is 20.3 Å². The van der Waals surface area contributed by atoms with Crippen molar-refractivity contribution >= 4 is 58.2 Å². The third-order valence-electron chi connectivity index (χ3n) is 7.55. The van der Waals surface area contributed by atoms with E-state index >= 15 is 0 Å².